The van der Waals surface area contributed by atoms with Crippen molar-refractivity contribution in [2.75, 3.05) is 20.1 Å². The lowest BCUT2D eigenvalue weighted by Crippen LogP contribution is -2.53. The van der Waals surface area contributed by atoms with Gasteiger partial charge in [0.2, 0.25) is 0 Å². The van der Waals surface area contributed by atoms with Crippen LogP contribution < -0.4 is 5.32 Å². The van der Waals surface area contributed by atoms with Gasteiger partial charge in [-0.15, -0.1) is 0 Å². The van der Waals surface area contributed by atoms with Crippen LogP contribution in [0.1, 0.15) is 0 Å². The maximum absolute atomic E-state index is 3.75. The summed E-state index contributed by atoms with van der Waals surface area (Å²) in [5.74, 6) is 0. The summed E-state index contributed by atoms with van der Waals surface area (Å²) in [6.45, 7) is 2.22. The Balaban J connectivity index is 2.14. The number of likely N-dealkylation sites (N-methyl/N-ethyl adjacent to an activating group) is 1. The first-order chi connectivity index (χ1) is 3.30. The molecule has 1 fully saturated rings. The van der Waals surface area contributed by atoms with Crippen LogP contribution in [0.4, 0.5) is 0 Å². The van der Waals surface area contributed by atoms with Crippen LogP contribution in [0.3, 0.4) is 0 Å². The Bertz CT molecular complexity index is 57.1. The third-order valence-electron chi connectivity index (χ3n) is 1.38. The summed E-state index contributed by atoms with van der Waals surface area (Å²) in [4.78, 5) is 2.00. The molecule has 7 heavy (non-hydrogen) atoms. The van der Waals surface area contributed by atoms with Gasteiger partial charge in [0, 0.05) is 19.1 Å². The molecule has 1 aliphatic rings. The van der Waals surface area contributed by atoms with E-state index in [1.54, 1.807) is 0 Å². The van der Waals surface area contributed by atoms with E-state index in [-0.39, 0.29) is 0 Å². The van der Waals surface area contributed by atoms with E-state index in [9.17, 15) is 0 Å². The number of nitrogens with one attached hydrogen (secondary N) is 1. The zero-order chi connectivity index (χ0) is 5.28. The molecule has 42 valence electrons. The van der Waals surface area contributed by atoms with Gasteiger partial charge in [0.25, 0.3) is 0 Å². The minimum Gasteiger partial charge on any atom is -0.457 e. The molecule has 0 aromatic heterocycles. The first-order valence-electron chi connectivity index (χ1n) is 2.55. The third-order valence-corrected chi connectivity index (χ3v) is 1.38. The molecule has 2 heteroatoms. The minimum absolute atomic E-state index is 0.694. The highest BCUT2D eigenvalue weighted by Gasteiger charge is 2.13. The molecule has 1 heterocycles. The number of hydrogen-bond donors (Lipinski definition) is 1. The van der Waals surface area contributed by atoms with Gasteiger partial charge in [-0.05, 0) is 7.05 Å². The molecular weight excluding hydrogens is 88.1 g/mol. The molecular formula is C5H11N2-. The van der Waals surface area contributed by atoms with Crippen LogP contribution in [0.5, 0.6) is 0 Å². The van der Waals surface area contributed by atoms with Crippen LogP contribution in [0.2, 0.25) is 0 Å². The zero-order valence-electron chi connectivity index (χ0n) is 4.65. The van der Waals surface area contributed by atoms with Gasteiger partial charge in [0.1, 0.15) is 0 Å². The Morgan fingerprint density at radius 2 is 2.29 bits per heavy atom. The van der Waals surface area contributed by atoms with Crippen LogP contribution in [0.15, 0.2) is 0 Å². The molecule has 0 aromatic carbocycles. The summed E-state index contributed by atoms with van der Waals surface area (Å²) in [7, 11) is 5.76. The van der Waals surface area contributed by atoms with Crippen molar-refractivity contribution in [3.8, 4) is 0 Å². The Morgan fingerprint density at radius 1 is 1.71 bits per heavy atom. The third kappa shape index (κ3) is 0.924. The van der Waals surface area contributed by atoms with Crippen molar-refractivity contribution in [3.05, 3.63) is 7.05 Å². The van der Waals surface area contributed by atoms with E-state index < -0.39 is 0 Å². The van der Waals surface area contributed by atoms with E-state index in [1.807, 2.05) is 11.9 Å². The number of rotatable bonds is 1. The van der Waals surface area contributed by atoms with Gasteiger partial charge in [0.15, 0.2) is 0 Å². The van der Waals surface area contributed by atoms with E-state index in [0.717, 1.165) is 13.1 Å². The topological polar surface area (TPSA) is 15.3 Å². The molecule has 0 atom stereocenters. The SMILES string of the molecule is [CH2-]N(C)C1CNC1. The first kappa shape index (κ1) is 5.06. The highest BCUT2D eigenvalue weighted by atomic mass is 15.2. The smallest absolute Gasteiger partial charge is 0.00969 e. The lowest BCUT2D eigenvalue weighted by molar-refractivity contribution is 0.238. The van der Waals surface area contributed by atoms with Crippen LogP contribution in [-0.2, 0) is 0 Å². The molecule has 0 saturated carbocycles. The Labute approximate surface area is 44.5 Å². The average molecular weight is 99.2 g/mol. The molecule has 0 unspecified atom stereocenters. The fraction of sp³-hybridized carbons (Fsp3) is 0.800. The second-order valence-corrected chi connectivity index (χ2v) is 2.07. The van der Waals surface area contributed by atoms with Gasteiger partial charge in [-0.1, -0.05) is 0 Å². The van der Waals surface area contributed by atoms with E-state index in [2.05, 4.69) is 12.4 Å². The number of hydrogen-bond acceptors (Lipinski definition) is 2. The standard InChI is InChI=1S/C5H11N2/c1-7(2)5-3-6-4-5/h5-6H,1,3-4H2,2H3/q-1. The van der Waals surface area contributed by atoms with Gasteiger partial charge in [-0.25, -0.2) is 0 Å². The van der Waals surface area contributed by atoms with E-state index in [0.29, 0.717) is 6.04 Å². The summed E-state index contributed by atoms with van der Waals surface area (Å²) in [5, 5.41) is 3.16. The molecule has 1 saturated heterocycles. The lowest BCUT2D eigenvalue weighted by Gasteiger charge is -2.38. The van der Waals surface area contributed by atoms with Crippen LogP contribution in [-0.4, -0.2) is 31.1 Å². The second-order valence-electron chi connectivity index (χ2n) is 2.07. The fourth-order valence-electron chi connectivity index (χ4n) is 0.585. The summed E-state index contributed by atoms with van der Waals surface area (Å²) >= 11 is 0. The zero-order valence-corrected chi connectivity index (χ0v) is 4.65. The van der Waals surface area contributed by atoms with Crippen LogP contribution in [0.25, 0.3) is 0 Å². The largest absolute Gasteiger partial charge is 0.457 e. The van der Waals surface area contributed by atoms with E-state index in [4.69, 9.17) is 0 Å². The van der Waals surface area contributed by atoms with Crippen molar-refractivity contribution < 1.29 is 0 Å². The average Bonchev–Trinajstić information content (AvgIpc) is 1.23. The van der Waals surface area contributed by atoms with Crippen molar-refractivity contribution in [1.82, 2.24) is 10.2 Å². The summed E-state index contributed by atoms with van der Waals surface area (Å²) in [6.07, 6.45) is 0. The van der Waals surface area contributed by atoms with Crippen molar-refractivity contribution in [2.45, 2.75) is 6.04 Å². The van der Waals surface area contributed by atoms with Gasteiger partial charge in [0.05, 0.1) is 0 Å². The minimum atomic E-state index is 0.694. The fourth-order valence-corrected chi connectivity index (χ4v) is 0.585. The van der Waals surface area contributed by atoms with Gasteiger partial charge < -0.3 is 10.2 Å². The van der Waals surface area contributed by atoms with Crippen LogP contribution in [0, 0.1) is 7.05 Å². The highest BCUT2D eigenvalue weighted by Crippen LogP contribution is 1.97. The highest BCUT2D eigenvalue weighted by molar-refractivity contribution is 4.81. The monoisotopic (exact) mass is 99.1 g/mol. The van der Waals surface area contributed by atoms with Gasteiger partial charge in [-0.2, -0.15) is 0 Å². The van der Waals surface area contributed by atoms with Crippen molar-refractivity contribution in [3.63, 3.8) is 0 Å². The van der Waals surface area contributed by atoms with Gasteiger partial charge in [-0.3, -0.25) is 7.05 Å². The Kier molecular flexibility index (Phi) is 1.30. The molecule has 2 nitrogen and oxygen atoms in total. The predicted octanol–water partition coefficient (Wildman–Crippen LogP) is -0.318. The summed E-state index contributed by atoms with van der Waals surface area (Å²) in [6, 6.07) is 0.694. The van der Waals surface area contributed by atoms with Crippen LogP contribution >= 0.6 is 0 Å². The Hall–Kier alpha value is -0.0800. The molecule has 0 spiro atoms. The van der Waals surface area contributed by atoms with E-state index in [1.165, 1.54) is 0 Å². The molecule has 1 aliphatic heterocycles. The Morgan fingerprint density at radius 3 is 2.29 bits per heavy atom. The number of nitrogens with zero attached hydrogens (tertiary/aromatic N) is 1. The van der Waals surface area contributed by atoms with E-state index >= 15 is 0 Å². The van der Waals surface area contributed by atoms with Gasteiger partial charge >= 0.3 is 0 Å². The van der Waals surface area contributed by atoms with Crippen molar-refractivity contribution in [2.24, 2.45) is 0 Å². The molecule has 0 aliphatic carbocycles. The quantitative estimate of drug-likeness (QED) is 0.453. The second kappa shape index (κ2) is 1.80. The predicted molar refractivity (Wildman–Crippen MR) is 29.8 cm³/mol. The van der Waals surface area contributed by atoms with Crippen molar-refractivity contribution in [1.29, 1.82) is 0 Å². The molecule has 1 rings (SSSR count). The molecule has 0 amide bonds. The summed E-state index contributed by atoms with van der Waals surface area (Å²) < 4.78 is 0. The maximum atomic E-state index is 3.75. The molecule has 0 radical (unpaired) electrons. The van der Waals surface area contributed by atoms with Crippen molar-refractivity contribution >= 4 is 0 Å². The first-order valence-corrected chi connectivity index (χ1v) is 2.55. The summed E-state index contributed by atoms with van der Waals surface area (Å²) in [5.41, 5.74) is 0. The molecule has 0 aromatic rings. The molecule has 0 bridgehead atoms. The maximum Gasteiger partial charge on any atom is 0.00969 e. The molecule has 1 N–H and O–H groups in total. The normalized spacial score (nSPS) is 22.7. The lowest BCUT2D eigenvalue weighted by atomic mass is 10.2.